The van der Waals surface area contributed by atoms with Gasteiger partial charge in [0.25, 0.3) is 6.43 Å². The molecule has 0 saturated heterocycles. The molecule has 0 unspecified atom stereocenters. The van der Waals surface area contributed by atoms with E-state index >= 15 is 0 Å². The average Bonchev–Trinajstić information content (AvgIpc) is 2.08. The van der Waals surface area contributed by atoms with Crippen LogP contribution in [0.3, 0.4) is 0 Å². The van der Waals surface area contributed by atoms with Gasteiger partial charge in [-0.15, -0.1) is 0 Å². The second-order valence-corrected chi connectivity index (χ2v) is 4.23. The SMILES string of the molecule is FC(F)c1nc(I)c(Cl)cc1CBr. The molecule has 0 fully saturated rings. The Morgan fingerprint density at radius 2 is 2.23 bits per heavy atom. The largest absolute Gasteiger partial charge is 0.280 e. The van der Waals surface area contributed by atoms with Crippen molar-refractivity contribution in [3.05, 3.63) is 26.0 Å². The highest BCUT2D eigenvalue weighted by molar-refractivity contribution is 14.1. The first-order valence-electron chi connectivity index (χ1n) is 3.25. The molecule has 1 aromatic rings. The van der Waals surface area contributed by atoms with Gasteiger partial charge in [0.1, 0.15) is 9.39 Å². The van der Waals surface area contributed by atoms with Crippen LogP contribution in [0.15, 0.2) is 6.07 Å². The smallest absolute Gasteiger partial charge is 0.239 e. The van der Waals surface area contributed by atoms with Gasteiger partial charge in [0.2, 0.25) is 0 Å². The molecular formula is C7H4BrClF2IN. The van der Waals surface area contributed by atoms with Crippen LogP contribution in [-0.4, -0.2) is 4.98 Å². The molecule has 0 aliphatic heterocycles. The fourth-order valence-corrected chi connectivity index (χ4v) is 1.85. The molecule has 0 amide bonds. The topological polar surface area (TPSA) is 12.9 Å². The summed E-state index contributed by atoms with van der Waals surface area (Å²) in [6.07, 6.45) is -2.56. The van der Waals surface area contributed by atoms with Crippen molar-refractivity contribution in [2.24, 2.45) is 0 Å². The number of hydrogen-bond donors (Lipinski definition) is 0. The minimum absolute atomic E-state index is 0.203. The van der Waals surface area contributed by atoms with Crippen LogP contribution in [0.4, 0.5) is 8.78 Å². The summed E-state index contributed by atoms with van der Waals surface area (Å²) in [4.78, 5) is 3.72. The van der Waals surface area contributed by atoms with Gasteiger partial charge in [0, 0.05) is 5.33 Å². The molecule has 0 spiro atoms. The number of rotatable bonds is 2. The molecule has 1 aromatic heterocycles. The van der Waals surface area contributed by atoms with E-state index in [-0.39, 0.29) is 5.69 Å². The fraction of sp³-hybridized carbons (Fsp3) is 0.286. The average molecular weight is 382 g/mol. The second-order valence-electron chi connectivity index (χ2n) is 2.24. The van der Waals surface area contributed by atoms with Gasteiger partial charge in [-0.25, -0.2) is 13.8 Å². The molecule has 6 heteroatoms. The van der Waals surface area contributed by atoms with Gasteiger partial charge in [0.15, 0.2) is 0 Å². The molecule has 0 aliphatic rings. The molecule has 0 saturated carbocycles. The number of aromatic nitrogens is 1. The van der Waals surface area contributed by atoms with Crippen molar-refractivity contribution < 1.29 is 8.78 Å². The van der Waals surface area contributed by atoms with Gasteiger partial charge >= 0.3 is 0 Å². The molecule has 0 radical (unpaired) electrons. The normalized spacial score (nSPS) is 10.9. The quantitative estimate of drug-likeness (QED) is 0.425. The van der Waals surface area contributed by atoms with Gasteiger partial charge in [-0.05, 0) is 34.2 Å². The lowest BCUT2D eigenvalue weighted by molar-refractivity contribution is 0.145. The van der Waals surface area contributed by atoms with Crippen LogP contribution in [0.1, 0.15) is 17.7 Å². The van der Waals surface area contributed by atoms with Gasteiger partial charge in [-0.3, -0.25) is 0 Å². The fourth-order valence-electron chi connectivity index (χ4n) is 0.813. The number of nitrogens with zero attached hydrogens (tertiary/aromatic N) is 1. The summed E-state index contributed by atoms with van der Waals surface area (Å²) < 4.78 is 25.2. The summed E-state index contributed by atoms with van der Waals surface area (Å²) in [6, 6.07) is 1.51. The summed E-state index contributed by atoms with van der Waals surface area (Å²) in [5, 5.41) is 0.732. The highest BCUT2D eigenvalue weighted by atomic mass is 127. The van der Waals surface area contributed by atoms with Crippen molar-refractivity contribution in [3.8, 4) is 0 Å². The van der Waals surface area contributed by atoms with Crippen molar-refractivity contribution >= 4 is 50.1 Å². The zero-order valence-electron chi connectivity index (χ0n) is 6.20. The molecule has 1 rings (SSSR count). The van der Waals surface area contributed by atoms with Crippen molar-refractivity contribution in [2.45, 2.75) is 11.8 Å². The van der Waals surface area contributed by atoms with Crippen molar-refractivity contribution in [1.29, 1.82) is 0 Å². The predicted octanol–water partition coefficient (Wildman–Crippen LogP) is 4.17. The minimum atomic E-state index is -2.56. The van der Waals surface area contributed by atoms with Crippen LogP contribution < -0.4 is 0 Å². The van der Waals surface area contributed by atoms with Crippen LogP contribution in [0.25, 0.3) is 0 Å². The zero-order valence-corrected chi connectivity index (χ0v) is 10.7. The van der Waals surface area contributed by atoms with E-state index in [0.717, 1.165) is 0 Å². The first kappa shape index (κ1) is 11.6. The van der Waals surface area contributed by atoms with Crippen LogP contribution in [0.5, 0.6) is 0 Å². The summed E-state index contributed by atoms with van der Waals surface area (Å²) in [5.41, 5.74) is 0.228. The Balaban J connectivity index is 3.25. The summed E-state index contributed by atoms with van der Waals surface area (Å²) in [7, 11) is 0. The van der Waals surface area contributed by atoms with Gasteiger partial charge in [-0.2, -0.15) is 0 Å². The van der Waals surface area contributed by atoms with E-state index in [1.165, 1.54) is 6.07 Å². The van der Waals surface area contributed by atoms with Gasteiger partial charge in [0.05, 0.1) is 5.02 Å². The molecule has 0 atom stereocenters. The van der Waals surface area contributed by atoms with E-state index in [9.17, 15) is 8.78 Å². The maximum atomic E-state index is 12.4. The molecule has 1 nitrogen and oxygen atoms in total. The van der Waals surface area contributed by atoms with E-state index < -0.39 is 6.43 Å². The van der Waals surface area contributed by atoms with E-state index in [1.807, 2.05) is 22.6 Å². The summed E-state index contributed by atoms with van der Waals surface area (Å²) >= 11 is 10.7. The molecule has 13 heavy (non-hydrogen) atoms. The molecular weight excluding hydrogens is 378 g/mol. The first-order valence-corrected chi connectivity index (χ1v) is 5.83. The Morgan fingerprint density at radius 1 is 1.62 bits per heavy atom. The molecule has 1 heterocycles. The standard InChI is InChI=1S/C7H4BrClF2IN/c8-2-3-1-4(9)7(12)13-5(3)6(10)11/h1,6H,2H2. The maximum absolute atomic E-state index is 12.4. The summed E-state index contributed by atoms with van der Waals surface area (Å²) in [6.45, 7) is 0. The number of halogens is 5. The third-order valence-electron chi connectivity index (χ3n) is 1.40. The van der Waals surface area contributed by atoms with E-state index in [2.05, 4.69) is 20.9 Å². The Labute approximate surface area is 101 Å². The Morgan fingerprint density at radius 3 is 2.69 bits per heavy atom. The third-order valence-corrected chi connectivity index (χ3v) is 3.43. The Kier molecular flexibility index (Phi) is 4.31. The highest BCUT2D eigenvalue weighted by Crippen LogP contribution is 2.27. The number of pyridine rings is 1. The summed E-state index contributed by atoms with van der Waals surface area (Å²) in [5.74, 6) is 0. The maximum Gasteiger partial charge on any atom is 0.280 e. The second kappa shape index (κ2) is 4.84. The molecule has 72 valence electrons. The van der Waals surface area contributed by atoms with Gasteiger partial charge < -0.3 is 0 Å². The zero-order chi connectivity index (χ0) is 10.0. The van der Waals surface area contributed by atoms with Crippen LogP contribution >= 0.6 is 50.1 Å². The van der Waals surface area contributed by atoms with E-state index in [4.69, 9.17) is 11.6 Å². The Bertz CT molecular complexity index is 322. The lowest BCUT2D eigenvalue weighted by atomic mass is 10.2. The van der Waals surface area contributed by atoms with Crippen LogP contribution in [-0.2, 0) is 5.33 Å². The van der Waals surface area contributed by atoms with Gasteiger partial charge in [-0.1, -0.05) is 27.5 Å². The van der Waals surface area contributed by atoms with Crippen LogP contribution in [0, 0.1) is 3.70 Å². The number of hydrogen-bond acceptors (Lipinski definition) is 1. The third kappa shape index (κ3) is 2.73. The minimum Gasteiger partial charge on any atom is -0.239 e. The van der Waals surface area contributed by atoms with Crippen LogP contribution in [0.2, 0.25) is 5.02 Å². The molecule has 0 N–H and O–H groups in total. The first-order chi connectivity index (χ1) is 6.06. The van der Waals surface area contributed by atoms with Crippen molar-refractivity contribution in [3.63, 3.8) is 0 Å². The predicted molar refractivity (Wildman–Crippen MR) is 59.6 cm³/mol. The molecule has 0 aliphatic carbocycles. The monoisotopic (exact) mass is 381 g/mol. The highest BCUT2D eigenvalue weighted by Gasteiger charge is 2.16. The molecule has 0 aromatic carbocycles. The van der Waals surface area contributed by atoms with Crippen molar-refractivity contribution in [2.75, 3.05) is 0 Å². The molecule has 0 bridgehead atoms. The Hall–Kier alpha value is 0.510. The lowest BCUT2D eigenvalue weighted by Crippen LogP contribution is -1.99. The lowest BCUT2D eigenvalue weighted by Gasteiger charge is -2.06. The van der Waals surface area contributed by atoms with E-state index in [1.54, 1.807) is 0 Å². The number of alkyl halides is 3. The van der Waals surface area contributed by atoms with E-state index in [0.29, 0.717) is 19.6 Å². The van der Waals surface area contributed by atoms with Crippen molar-refractivity contribution in [1.82, 2.24) is 4.98 Å².